The van der Waals surface area contributed by atoms with E-state index < -0.39 is 5.91 Å². The van der Waals surface area contributed by atoms with Gasteiger partial charge in [-0.25, -0.2) is 5.43 Å². The summed E-state index contributed by atoms with van der Waals surface area (Å²) >= 11 is 6.14. The van der Waals surface area contributed by atoms with E-state index in [9.17, 15) is 4.79 Å². The lowest BCUT2D eigenvalue weighted by Crippen LogP contribution is -2.16. The van der Waals surface area contributed by atoms with Crippen molar-refractivity contribution in [2.24, 2.45) is 5.10 Å². The number of ether oxygens (including phenoxy) is 2. The molecule has 0 spiro atoms. The van der Waals surface area contributed by atoms with Crippen LogP contribution in [0.15, 0.2) is 52.2 Å². The highest BCUT2D eigenvalue weighted by molar-refractivity contribution is 6.33. The number of carbonyl (C=O) groups is 1. The van der Waals surface area contributed by atoms with Gasteiger partial charge < -0.3 is 13.9 Å². The number of halogens is 1. The van der Waals surface area contributed by atoms with Gasteiger partial charge in [0.1, 0.15) is 5.76 Å². The molecule has 9 heteroatoms. The molecule has 1 aliphatic heterocycles. The van der Waals surface area contributed by atoms with Crippen molar-refractivity contribution in [3.8, 4) is 11.5 Å². The minimum absolute atomic E-state index is 0.154. The van der Waals surface area contributed by atoms with Crippen molar-refractivity contribution in [3.05, 3.63) is 64.8 Å². The number of carbonyl (C=O) groups excluding carboxylic acids is 1. The highest BCUT2D eigenvalue weighted by Gasteiger charge is 2.16. The molecule has 8 nitrogen and oxygen atoms in total. The Labute approximate surface area is 153 Å². The molecule has 26 heavy (non-hydrogen) atoms. The van der Waals surface area contributed by atoms with Crippen LogP contribution in [-0.2, 0) is 6.54 Å². The number of hydrogen-bond donors (Lipinski definition) is 1. The van der Waals surface area contributed by atoms with Gasteiger partial charge in [0.25, 0.3) is 0 Å². The van der Waals surface area contributed by atoms with Crippen LogP contribution in [0.1, 0.15) is 21.9 Å². The molecule has 0 saturated carbocycles. The molecule has 132 valence electrons. The van der Waals surface area contributed by atoms with E-state index in [2.05, 4.69) is 15.6 Å². The van der Waals surface area contributed by atoms with Crippen LogP contribution in [0.2, 0.25) is 5.02 Å². The molecule has 0 saturated heterocycles. The standard InChI is InChI=1S/C17H13ClN4O4/c18-13-7-16-15(24-10-25-16)6-11(13)8-19-21-17(23)14-3-2-12(26-14)9-22-5-1-4-20-22/h1-8H,9-10H2,(H,21,23). The Kier molecular flexibility index (Phi) is 4.32. The summed E-state index contributed by atoms with van der Waals surface area (Å²) in [6, 6.07) is 8.44. The number of rotatable bonds is 5. The predicted octanol–water partition coefficient (Wildman–Crippen LogP) is 2.67. The summed E-state index contributed by atoms with van der Waals surface area (Å²) in [4.78, 5) is 12.1. The van der Waals surface area contributed by atoms with Crippen molar-refractivity contribution >= 4 is 23.7 Å². The first-order valence-electron chi connectivity index (χ1n) is 7.68. The van der Waals surface area contributed by atoms with Gasteiger partial charge in [0, 0.05) is 24.0 Å². The third-order valence-corrected chi connectivity index (χ3v) is 3.95. The third-order valence-electron chi connectivity index (χ3n) is 3.62. The summed E-state index contributed by atoms with van der Waals surface area (Å²) in [5.74, 6) is 1.46. The van der Waals surface area contributed by atoms with Crippen molar-refractivity contribution in [2.45, 2.75) is 6.54 Å². The summed E-state index contributed by atoms with van der Waals surface area (Å²) in [6.07, 6.45) is 4.91. The summed E-state index contributed by atoms with van der Waals surface area (Å²) in [6.45, 7) is 0.596. The maximum absolute atomic E-state index is 12.1. The first kappa shape index (κ1) is 16.2. The third kappa shape index (κ3) is 3.40. The molecule has 0 aliphatic carbocycles. The molecule has 0 unspecified atom stereocenters. The molecular weight excluding hydrogens is 360 g/mol. The number of nitrogens with zero attached hydrogens (tertiary/aromatic N) is 3. The molecule has 1 N–H and O–H groups in total. The smallest absolute Gasteiger partial charge is 0.307 e. The molecule has 0 fully saturated rings. The molecule has 4 rings (SSSR count). The van der Waals surface area contributed by atoms with Crippen LogP contribution in [-0.4, -0.2) is 28.7 Å². The zero-order valence-electron chi connectivity index (χ0n) is 13.4. The van der Waals surface area contributed by atoms with E-state index in [-0.39, 0.29) is 12.6 Å². The maximum Gasteiger partial charge on any atom is 0.307 e. The van der Waals surface area contributed by atoms with Gasteiger partial charge in [0.2, 0.25) is 6.79 Å². The maximum atomic E-state index is 12.1. The minimum atomic E-state index is -0.468. The largest absolute Gasteiger partial charge is 0.454 e. The second-order valence-corrected chi connectivity index (χ2v) is 5.80. The number of hydrazone groups is 1. The average molecular weight is 373 g/mol. The molecule has 0 atom stereocenters. The molecule has 3 aromatic rings. The van der Waals surface area contributed by atoms with E-state index in [0.717, 1.165) is 0 Å². The Morgan fingerprint density at radius 1 is 1.35 bits per heavy atom. The molecule has 1 amide bonds. The molecule has 1 aromatic carbocycles. The molecule has 0 bridgehead atoms. The van der Waals surface area contributed by atoms with Crippen molar-refractivity contribution in [2.75, 3.05) is 6.79 Å². The minimum Gasteiger partial charge on any atom is -0.454 e. The van der Waals surface area contributed by atoms with Gasteiger partial charge in [-0.05, 0) is 24.3 Å². The van der Waals surface area contributed by atoms with Crippen LogP contribution in [0.4, 0.5) is 0 Å². The van der Waals surface area contributed by atoms with Gasteiger partial charge in [0.15, 0.2) is 17.3 Å². The lowest BCUT2D eigenvalue weighted by Gasteiger charge is -2.01. The highest BCUT2D eigenvalue weighted by atomic mass is 35.5. The number of aromatic nitrogens is 2. The van der Waals surface area contributed by atoms with Gasteiger partial charge in [-0.2, -0.15) is 10.2 Å². The van der Waals surface area contributed by atoms with E-state index in [1.807, 2.05) is 12.3 Å². The quantitative estimate of drug-likeness (QED) is 0.549. The Morgan fingerprint density at radius 3 is 3.00 bits per heavy atom. The number of amides is 1. The molecular formula is C17H13ClN4O4. The Hall–Kier alpha value is -3.26. The van der Waals surface area contributed by atoms with Crippen LogP contribution in [0, 0.1) is 0 Å². The Morgan fingerprint density at radius 2 is 2.19 bits per heavy atom. The van der Waals surface area contributed by atoms with Crippen molar-refractivity contribution < 1.29 is 18.7 Å². The van der Waals surface area contributed by atoms with Crippen molar-refractivity contribution in [1.29, 1.82) is 0 Å². The second-order valence-electron chi connectivity index (χ2n) is 5.40. The van der Waals surface area contributed by atoms with Gasteiger partial charge in [-0.15, -0.1) is 0 Å². The summed E-state index contributed by atoms with van der Waals surface area (Å²) in [7, 11) is 0. The van der Waals surface area contributed by atoms with Gasteiger partial charge in [-0.1, -0.05) is 11.6 Å². The summed E-state index contributed by atoms with van der Waals surface area (Å²) in [5.41, 5.74) is 2.99. The fraction of sp³-hybridized carbons (Fsp3) is 0.118. The van der Waals surface area contributed by atoms with Crippen molar-refractivity contribution in [3.63, 3.8) is 0 Å². The van der Waals surface area contributed by atoms with Gasteiger partial charge in [0.05, 0.1) is 17.8 Å². The Bertz CT molecular complexity index is 965. The first-order valence-corrected chi connectivity index (χ1v) is 8.05. The molecule has 1 aliphatic rings. The zero-order valence-corrected chi connectivity index (χ0v) is 14.1. The average Bonchev–Trinajstić information content (AvgIpc) is 3.37. The van der Waals surface area contributed by atoms with E-state index in [4.69, 9.17) is 25.5 Å². The monoisotopic (exact) mass is 372 g/mol. The van der Waals surface area contributed by atoms with Crippen molar-refractivity contribution in [1.82, 2.24) is 15.2 Å². The van der Waals surface area contributed by atoms with E-state index in [0.29, 0.717) is 34.4 Å². The second kappa shape index (κ2) is 6.93. The van der Waals surface area contributed by atoms with Gasteiger partial charge >= 0.3 is 5.91 Å². The van der Waals surface area contributed by atoms with E-state index in [1.54, 1.807) is 35.1 Å². The first-order chi connectivity index (χ1) is 12.7. The predicted molar refractivity (Wildman–Crippen MR) is 92.7 cm³/mol. The number of furan rings is 1. The van der Waals surface area contributed by atoms with E-state index in [1.165, 1.54) is 6.21 Å². The number of fused-ring (bicyclic) bond motifs is 1. The highest BCUT2D eigenvalue weighted by Crippen LogP contribution is 2.36. The molecule has 2 aromatic heterocycles. The Balaban J connectivity index is 1.39. The van der Waals surface area contributed by atoms with E-state index >= 15 is 0 Å². The van der Waals surface area contributed by atoms with Crippen LogP contribution < -0.4 is 14.9 Å². The number of nitrogens with one attached hydrogen (secondary N) is 1. The molecule has 3 heterocycles. The van der Waals surface area contributed by atoms with Crippen LogP contribution >= 0.6 is 11.6 Å². The number of benzene rings is 1. The lowest BCUT2D eigenvalue weighted by molar-refractivity contribution is 0.0925. The van der Waals surface area contributed by atoms with Crippen LogP contribution in [0.25, 0.3) is 0 Å². The lowest BCUT2D eigenvalue weighted by atomic mass is 10.2. The summed E-state index contributed by atoms with van der Waals surface area (Å²) in [5, 5.41) is 8.43. The fourth-order valence-corrected chi connectivity index (χ4v) is 2.59. The SMILES string of the molecule is O=C(NN=Cc1cc2c(cc1Cl)OCO2)c1ccc(Cn2cccn2)o1. The normalized spacial score (nSPS) is 12.7. The number of hydrogen-bond acceptors (Lipinski definition) is 6. The summed E-state index contributed by atoms with van der Waals surface area (Å²) < 4.78 is 17.7. The fourth-order valence-electron chi connectivity index (χ4n) is 2.39. The van der Waals surface area contributed by atoms with Gasteiger partial charge in [-0.3, -0.25) is 9.48 Å². The van der Waals surface area contributed by atoms with Crippen LogP contribution in [0.5, 0.6) is 11.5 Å². The topological polar surface area (TPSA) is 90.9 Å². The molecule has 0 radical (unpaired) electrons. The van der Waals surface area contributed by atoms with Crippen LogP contribution in [0.3, 0.4) is 0 Å². The zero-order chi connectivity index (χ0) is 17.9.